The number of allylic oxidation sites excluding steroid dienone is 2. The highest BCUT2D eigenvalue weighted by atomic mass is 79.9. The first-order valence-electron chi connectivity index (χ1n) is 14.1. The highest BCUT2D eigenvalue weighted by molar-refractivity contribution is 9.10. The number of Topliss-reactive ketones (excluding diaryl/α,β-unsaturated/α-hetero) is 1. The lowest BCUT2D eigenvalue weighted by Gasteiger charge is -2.35. The third-order valence-corrected chi connectivity index (χ3v) is 8.09. The first-order chi connectivity index (χ1) is 19.3. The average molecular weight is 611 g/mol. The van der Waals surface area contributed by atoms with Crippen molar-refractivity contribution in [3.05, 3.63) is 63.0 Å². The molecule has 0 amide bonds. The number of nitrogens with one attached hydrogen (secondary N) is 1. The Hall–Kier alpha value is -3.18. The maximum Gasteiger partial charge on any atom is 0.175 e. The first-order valence-corrected chi connectivity index (χ1v) is 14.9. The van der Waals surface area contributed by atoms with Crippen molar-refractivity contribution in [1.29, 1.82) is 5.26 Å². The molecule has 0 spiro atoms. The Kier molecular flexibility index (Phi) is 10.0. The van der Waals surface area contributed by atoms with E-state index in [1.807, 2.05) is 26.0 Å². The van der Waals surface area contributed by atoms with Gasteiger partial charge in [0.2, 0.25) is 0 Å². The number of carbonyl (C=O) groups is 1. The zero-order valence-electron chi connectivity index (χ0n) is 23.7. The topological polar surface area (TPSA) is 83.7 Å². The van der Waals surface area contributed by atoms with E-state index in [0.29, 0.717) is 40.1 Å². The van der Waals surface area contributed by atoms with E-state index >= 15 is 0 Å². The Morgan fingerprint density at radius 1 is 1.15 bits per heavy atom. The summed E-state index contributed by atoms with van der Waals surface area (Å²) in [6.07, 6.45) is 4.18. The average Bonchev–Trinajstić information content (AvgIpc) is 2.91. The first kappa shape index (κ1) is 29.8. The molecule has 2 aromatic carbocycles. The summed E-state index contributed by atoms with van der Waals surface area (Å²) in [5.74, 6) is 0.0141. The second kappa shape index (κ2) is 13.5. The Morgan fingerprint density at radius 2 is 1.95 bits per heavy atom. The van der Waals surface area contributed by atoms with Crippen molar-refractivity contribution in [1.82, 2.24) is 0 Å². The van der Waals surface area contributed by atoms with Crippen molar-refractivity contribution in [2.75, 3.05) is 18.5 Å². The molecule has 1 aliphatic carbocycles. The number of rotatable bonds is 11. The molecular formula is C32H37BrFN3O3. The van der Waals surface area contributed by atoms with Crippen molar-refractivity contribution in [3.63, 3.8) is 0 Å². The maximum absolute atomic E-state index is 14.1. The molecule has 4 rings (SSSR count). The molecule has 3 atom stereocenters. The zero-order chi connectivity index (χ0) is 28.8. The van der Waals surface area contributed by atoms with E-state index in [2.05, 4.69) is 41.2 Å². The van der Waals surface area contributed by atoms with E-state index in [9.17, 15) is 14.4 Å². The minimum atomic E-state index is -0.557. The van der Waals surface area contributed by atoms with E-state index < -0.39 is 11.8 Å². The molecule has 0 bridgehead atoms. The molecule has 2 aromatic rings. The molecule has 1 aliphatic heterocycles. The minimum absolute atomic E-state index is 0.0776. The predicted octanol–water partition coefficient (Wildman–Crippen LogP) is 8.12. The van der Waals surface area contributed by atoms with Crippen molar-refractivity contribution < 1.29 is 18.7 Å². The summed E-state index contributed by atoms with van der Waals surface area (Å²) >= 11 is 3.66. The maximum atomic E-state index is 14.1. The van der Waals surface area contributed by atoms with Gasteiger partial charge >= 0.3 is 0 Å². The fourth-order valence-electron chi connectivity index (χ4n) is 5.71. The number of ketones is 1. The number of benzene rings is 2. The largest absolute Gasteiger partial charge is 0.490 e. The van der Waals surface area contributed by atoms with Gasteiger partial charge in [-0.25, -0.2) is 4.39 Å². The quantitative estimate of drug-likeness (QED) is 0.278. The molecule has 0 saturated carbocycles. The molecule has 0 fully saturated rings. The van der Waals surface area contributed by atoms with E-state index in [-0.39, 0.29) is 24.1 Å². The van der Waals surface area contributed by atoms with Crippen LogP contribution in [0.5, 0.6) is 11.5 Å². The highest BCUT2D eigenvalue weighted by Gasteiger charge is 2.41. The second-order valence-corrected chi connectivity index (χ2v) is 11.3. The highest BCUT2D eigenvalue weighted by Crippen LogP contribution is 2.48. The van der Waals surface area contributed by atoms with Gasteiger partial charge in [-0.3, -0.25) is 9.79 Å². The number of hydrogen-bond acceptors (Lipinski definition) is 6. The summed E-state index contributed by atoms with van der Waals surface area (Å²) in [6.45, 7) is 9.25. The summed E-state index contributed by atoms with van der Waals surface area (Å²) in [5.41, 5.74) is 4.51. The van der Waals surface area contributed by atoms with Gasteiger partial charge in [0.05, 0.1) is 23.1 Å². The molecule has 8 heteroatoms. The Labute approximate surface area is 244 Å². The van der Waals surface area contributed by atoms with Crippen LogP contribution < -0.4 is 14.8 Å². The number of nitrogens with zero attached hydrogens (tertiary/aromatic N) is 2. The van der Waals surface area contributed by atoms with Crippen LogP contribution in [0.1, 0.15) is 76.8 Å². The number of hydrogen-bond donors (Lipinski definition) is 1. The second-order valence-electron chi connectivity index (χ2n) is 10.5. The van der Waals surface area contributed by atoms with Gasteiger partial charge in [-0.15, -0.1) is 0 Å². The predicted molar refractivity (Wildman–Crippen MR) is 159 cm³/mol. The lowest BCUT2D eigenvalue weighted by atomic mass is 9.70. The SMILES string of the molecule is CCCNc1ccc(F)cc1COc1c(Br)cc(C2C3=C(CC(CCC)CC3=O)N=C(C)C2C#N)cc1OCC. The zero-order valence-corrected chi connectivity index (χ0v) is 25.2. The molecule has 6 nitrogen and oxygen atoms in total. The summed E-state index contributed by atoms with van der Waals surface area (Å²) in [4.78, 5) is 18.2. The van der Waals surface area contributed by atoms with Gasteiger partial charge in [-0.2, -0.15) is 5.26 Å². The molecular weight excluding hydrogens is 573 g/mol. The lowest BCUT2D eigenvalue weighted by molar-refractivity contribution is -0.117. The van der Waals surface area contributed by atoms with Crippen LogP contribution in [-0.4, -0.2) is 24.6 Å². The third kappa shape index (κ3) is 6.41. The van der Waals surface area contributed by atoms with Crippen LogP contribution in [0.3, 0.4) is 0 Å². The van der Waals surface area contributed by atoms with E-state index in [1.165, 1.54) is 12.1 Å². The standard InChI is InChI=1S/C32H37BrFN3O3/c1-5-8-20-12-27-31(28(38)13-20)30(24(17-35)19(4)37-27)21-15-25(33)32(29(16-21)39-7-3)40-18-22-14-23(34)9-10-26(22)36-11-6-2/h9-10,14-16,20,24,30,36H,5-8,11-13,18H2,1-4H3. The Bertz CT molecular complexity index is 1360. The van der Waals surface area contributed by atoms with Gasteiger partial charge in [0.15, 0.2) is 17.3 Å². The molecule has 1 N–H and O–H groups in total. The number of carbonyl (C=O) groups excluding carboxylic acids is 1. The van der Waals surface area contributed by atoms with Gasteiger partial charge < -0.3 is 14.8 Å². The monoisotopic (exact) mass is 609 g/mol. The fourth-order valence-corrected chi connectivity index (χ4v) is 6.29. The number of aliphatic imine (C=N–C) groups is 1. The number of halogens is 2. The third-order valence-electron chi connectivity index (χ3n) is 7.50. The number of ether oxygens (including phenoxy) is 2. The summed E-state index contributed by atoms with van der Waals surface area (Å²) in [5, 5.41) is 13.5. The van der Waals surface area contributed by atoms with Gasteiger partial charge in [-0.05, 0) is 90.9 Å². The van der Waals surface area contributed by atoms with E-state index in [0.717, 1.165) is 54.9 Å². The van der Waals surface area contributed by atoms with Crippen LogP contribution in [0, 0.1) is 29.0 Å². The number of nitriles is 1. The fraction of sp³-hybridized carbons (Fsp3) is 0.469. The van der Waals surface area contributed by atoms with Crippen LogP contribution in [-0.2, 0) is 11.4 Å². The summed E-state index contributed by atoms with van der Waals surface area (Å²) in [7, 11) is 0. The van der Waals surface area contributed by atoms with Gasteiger partial charge in [-0.1, -0.05) is 20.3 Å². The Balaban J connectivity index is 1.71. The van der Waals surface area contributed by atoms with Gasteiger partial charge in [0.25, 0.3) is 0 Å². The normalized spacial score (nSPS) is 20.5. The van der Waals surface area contributed by atoms with Crippen molar-refractivity contribution in [3.8, 4) is 17.6 Å². The van der Waals surface area contributed by atoms with Crippen molar-refractivity contribution >= 4 is 33.1 Å². The molecule has 2 aliphatic rings. The van der Waals surface area contributed by atoms with Crippen LogP contribution in [0.4, 0.5) is 10.1 Å². The Morgan fingerprint density at radius 3 is 2.65 bits per heavy atom. The van der Waals surface area contributed by atoms with Gasteiger partial charge in [0, 0.05) is 47.1 Å². The van der Waals surface area contributed by atoms with Crippen LogP contribution in [0.25, 0.3) is 0 Å². The smallest absolute Gasteiger partial charge is 0.175 e. The van der Waals surface area contributed by atoms with E-state index in [1.54, 1.807) is 6.07 Å². The molecule has 0 aromatic heterocycles. The van der Waals surface area contributed by atoms with E-state index in [4.69, 9.17) is 14.5 Å². The molecule has 40 heavy (non-hydrogen) atoms. The van der Waals surface area contributed by atoms with Crippen LogP contribution in [0.15, 0.2) is 51.1 Å². The summed E-state index contributed by atoms with van der Waals surface area (Å²) in [6, 6.07) is 10.8. The van der Waals surface area contributed by atoms with Gasteiger partial charge in [0.1, 0.15) is 12.4 Å². The summed E-state index contributed by atoms with van der Waals surface area (Å²) < 4.78 is 26.9. The van der Waals surface area contributed by atoms with Crippen molar-refractivity contribution in [2.24, 2.45) is 16.8 Å². The minimum Gasteiger partial charge on any atom is -0.490 e. The molecule has 3 unspecified atom stereocenters. The molecule has 212 valence electrons. The van der Waals surface area contributed by atoms with Crippen molar-refractivity contribution in [2.45, 2.75) is 72.3 Å². The number of anilines is 1. The lowest BCUT2D eigenvalue weighted by Crippen LogP contribution is -2.32. The van der Waals surface area contributed by atoms with Crippen LogP contribution in [0.2, 0.25) is 0 Å². The molecule has 0 radical (unpaired) electrons. The molecule has 0 saturated heterocycles. The van der Waals surface area contributed by atoms with Crippen LogP contribution >= 0.6 is 15.9 Å². The molecule has 1 heterocycles.